The van der Waals surface area contributed by atoms with Crippen molar-refractivity contribution in [2.75, 3.05) is 7.11 Å². The fourth-order valence-corrected chi connectivity index (χ4v) is 2.29. The molecule has 1 unspecified atom stereocenters. The van der Waals surface area contributed by atoms with Gasteiger partial charge in [-0.2, -0.15) is 0 Å². The highest BCUT2D eigenvalue weighted by molar-refractivity contribution is 5.81. The van der Waals surface area contributed by atoms with E-state index in [0.717, 1.165) is 17.4 Å². The van der Waals surface area contributed by atoms with Crippen LogP contribution in [0.15, 0.2) is 12.1 Å². The summed E-state index contributed by atoms with van der Waals surface area (Å²) in [5, 5.41) is 0. The number of fused-ring (bicyclic) bond motifs is 1. The first-order valence-corrected chi connectivity index (χ1v) is 5.86. The van der Waals surface area contributed by atoms with E-state index in [0.29, 0.717) is 24.2 Å². The van der Waals surface area contributed by atoms with Crippen LogP contribution in [0.25, 0.3) is 0 Å². The Morgan fingerprint density at radius 1 is 1.50 bits per heavy atom. The SMILES string of the molecule is COC(=O)C1(C)CCc2cc(C=O)cc(C)c2O1. The molecule has 96 valence electrons. The maximum Gasteiger partial charge on any atom is 0.349 e. The lowest BCUT2D eigenvalue weighted by molar-refractivity contribution is -0.159. The van der Waals surface area contributed by atoms with Crippen LogP contribution in [0.4, 0.5) is 0 Å². The van der Waals surface area contributed by atoms with Crippen molar-refractivity contribution in [3.8, 4) is 5.75 Å². The first kappa shape index (κ1) is 12.6. The van der Waals surface area contributed by atoms with E-state index >= 15 is 0 Å². The zero-order valence-corrected chi connectivity index (χ0v) is 10.8. The first-order chi connectivity index (χ1) is 8.50. The van der Waals surface area contributed by atoms with E-state index in [9.17, 15) is 9.59 Å². The van der Waals surface area contributed by atoms with E-state index in [4.69, 9.17) is 9.47 Å². The summed E-state index contributed by atoms with van der Waals surface area (Å²) in [7, 11) is 1.36. The van der Waals surface area contributed by atoms with Gasteiger partial charge in [0.1, 0.15) is 12.0 Å². The van der Waals surface area contributed by atoms with Gasteiger partial charge in [0.15, 0.2) is 0 Å². The van der Waals surface area contributed by atoms with E-state index < -0.39 is 5.60 Å². The number of aldehydes is 1. The van der Waals surface area contributed by atoms with Crippen LogP contribution < -0.4 is 4.74 Å². The summed E-state index contributed by atoms with van der Waals surface area (Å²) in [6, 6.07) is 3.57. The molecule has 0 fully saturated rings. The van der Waals surface area contributed by atoms with E-state index in [1.165, 1.54) is 7.11 Å². The number of carbonyl (C=O) groups excluding carboxylic acids is 2. The number of hydrogen-bond donors (Lipinski definition) is 0. The number of rotatable bonds is 2. The van der Waals surface area contributed by atoms with Crippen molar-refractivity contribution in [1.82, 2.24) is 0 Å². The molecular formula is C14H16O4. The van der Waals surface area contributed by atoms with E-state index in [-0.39, 0.29) is 5.97 Å². The monoisotopic (exact) mass is 248 g/mol. The third-order valence-corrected chi connectivity index (χ3v) is 3.33. The average molecular weight is 248 g/mol. The summed E-state index contributed by atoms with van der Waals surface area (Å²) in [5.74, 6) is 0.326. The minimum Gasteiger partial charge on any atom is -0.475 e. The van der Waals surface area contributed by atoms with Gasteiger partial charge >= 0.3 is 5.97 Å². The lowest BCUT2D eigenvalue weighted by Gasteiger charge is -2.34. The van der Waals surface area contributed by atoms with Crippen molar-refractivity contribution in [3.63, 3.8) is 0 Å². The minimum absolute atomic E-state index is 0.369. The topological polar surface area (TPSA) is 52.6 Å². The predicted octanol–water partition coefficient (Wildman–Crippen LogP) is 2.06. The molecular weight excluding hydrogens is 232 g/mol. The van der Waals surface area contributed by atoms with Crippen LogP contribution >= 0.6 is 0 Å². The molecule has 4 heteroatoms. The molecule has 1 aromatic carbocycles. The molecule has 0 saturated carbocycles. The van der Waals surface area contributed by atoms with Crippen LogP contribution in [-0.2, 0) is 16.0 Å². The van der Waals surface area contributed by atoms with Crippen molar-refractivity contribution in [3.05, 3.63) is 28.8 Å². The lowest BCUT2D eigenvalue weighted by atomic mass is 9.90. The molecule has 1 heterocycles. The summed E-state index contributed by atoms with van der Waals surface area (Å²) in [6.45, 7) is 3.60. The number of benzene rings is 1. The van der Waals surface area contributed by atoms with Crippen molar-refractivity contribution in [1.29, 1.82) is 0 Å². The third-order valence-electron chi connectivity index (χ3n) is 3.33. The molecule has 0 N–H and O–H groups in total. The fourth-order valence-electron chi connectivity index (χ4n) is 2.29. The Kier molecular flexibility index (Phi) is 3.11. The molecule has 18 heavy (non-hydrogen) atoms. The fraction of sp³-hybridized carbons (Fsp3) is 0.429. The maximum absolute atomic E-state index is 11.7. The molecule has 0 spiro atoms. The molecule has 0 aliphatic carbocycles. The first-order valence-electron chi connectivity index (χ1n) is 5.86. The number of carbonyl (C=O) groups is 2. The standard InChI is InChI=1S/C14H16O4/c1-9-6-10(8-15)7-11-4-5-14(2,13(16)17-3)18-12(9)11/h6-8H,4-5H2,1-3H3. The molecule has 1 aliphatic heterocycles. The normalized spacial score (nSPS) is 21.7. The predicted molar refractivity (Wildman–Crippen MR) is 65.9 cm³/mol. The van der Waals surface area contributed by atoms with E-state index in [2.05, 4.69) is 0 Å². The zero-order valence-electron chi connectivity index (χ0n) is 10.8. The van der Waals surface area contributed by atoms with Gasteiger partial charge in [-0.1, -0.05) is 0 Å². The van der Waals surface area contributed by atoms with Crippen molar-refractivity contribution in [2.45, 2.75) is 32.3 Å². The van der Waals surface area contributed by atoms with Gasteiger partial charge in [0.2, 0.25) is 5.60 Å². The van der Waals surface area contributed by atoms with Crippen LogP contribution in [-0.4, -0.2) is 25.0 Å². The molecule has 2 rings (SSSR count). The van der Waals surface area contributed by atoms with Crippen LogP contribution in [0.1, 0.15) is 34.8 Å². The lowest BCUT2D eigenvalue weighted by Crippen LogP contribution is -2.45. The van der Waals surface area contributed by atoms with Gasteiger partial charge in [-0.15, -0.1) is 0 Å². The second-order valence-electron chi connectivity index (χ2n) is 4.77. The number of hydrogen-bond acceptors (Lipinski definition) is 4. The summed E-state index contributed by atoms with van der Waals surface area (Å²) in [6.07, 6.45) is 2.07. The zero-order chi connectivity index (χ0) is 13.3. The van der Waals surface area contributed by atoms with Crippen LogP contribution in [0.2, 0.25) is 0 Å². The molecule has 0 amide bonds. The Morgan fingerprint density at radius 2 is 2.22 bits per heavy atom. The summed E-state index contributed by atoms with van der Waals surface area (Å²) in [4.78, 5) is 22.5. The third kappa shape index (κ3) is 1.98. The van der Waals surface area contributed by atoms with Gasteiger partial charge in [-0.25, -0.2) is 4.79 Å². The van der Waals surface area contributed by atoms with Crippen molar-refractivity contribution < 1.29 is 19.1 Å². The Hall–Kier alpha value is -1.84. The quantitative estimate of drug-likeness (QED) is 0.594. The number of ether oxygens (including phenoxy) is 2. The van der Waals surface area contributed by atoms with Gasteiger partial charge in [0.25, 0.3) is 0 Å². The highest BCUT2D eigenvalue weighted by Crippen LogP contribution is 2.36. The molecule has 0 bridgehead atoms. The van der Waals surface area contributed by atoms with Crippen molar-refractivity contribution >= 4 is 12.3 Å². The van der Waals surface area contributed by atoms with Crippen molar-refractivity contribution in [2.24, 2.45) is 0 Å². The Balaban J connectivity index is 2.41. The van der Waals surface area contributed by atoms with Gasteiger partial charge < -0.3 is 9.47 Å². The van der Waals surface area contributed by atoms with Gasteiger partial charge in [-0.3, -0.25) is 4.79 Å². The maximum atomic E-state index is 11.7. The average Bonchev–Trinajstić information content (AvgIpc) is 2.38. The van der Waals surface area contributed by atoms with Gasteiger partial charge in [0, 0.05) is 12.0 Å². The number of methoxy groups -OCH3 is 1. The Morgan fingerprint density at radius 3 is 2.83 bits per heavy atom. The van der Waals surface area contributed by atoms with Crippen LogP contribution in [0, 0.1) is 6.92 Å². The summed E-state index contributed by atoms with van der Waals surface area (Å²) in [5.41, 5.74) is 1.54. The van der Waals surface area contributed by atoms with Crippen LogP contribution in [0.5, 0.6) is 5.75 Å². The van der Waals surface area contributed by atoms with Gasteiger partial charge in [0.05, 0.1) is 7.11 Å². The Labute approximate surface area is 106 Å². The number of esters is 1. The number of aryl methyl sites for hydroxylation is 2. The van der Waals surface area contributed by atoms with E-state index in [1.807, 2.05) is 13.0 Å². The van der Waals surface area contributed by atoms with E-state index in [1.54, 1.807) is 13.0 Å². The summed E-state index contributed by atoms with van der Waals surface area (Å²) < 4.78 is 10.6. The second kappa shape index (κ2) is 4.44. The molecule has 0 aromatic heterocycles. The Bertz CT molecular complexity index is 507. The molecule has 0 radical (unpaired) electrons. The smallest absolute Gasteiger partial charge is 0.349 e. The second-order valence-corrected chi connectivity index (χ2v) is 4.77. The summed E-state index contributed by atoms with van der Waals surface area (Å²) >= 11 is 0. The molecule has 0 saturated heterocycles. The van der Waals surface area contributed by atoms with Crippen LogP contribution in [0.3, 0.4) is 0 Å². The highest BCUT2D eigenvalue weighted by atomic mass is 16.6. The van der Waals surface area contributed by atoms with Gasteiger partial charge in [-0.05, 0) is 43.5 Å². The molecule has 1 aromatic rings. The molecule has 1 atom stereocenters. The molecule has 4 nitrogen and oxygen atoms in total. The highest BCUT2D eigenvalue weighted by Gasteiger charge is 2.40. The largest absolute Gasteiger partial charge is 0.475 e. The molecule has 1 aliphatic rings. The minimum atomic E-state index is -0.935.